The highest BCUT2D eigenvalue weighted by molar-refractivity contribution is 5.71. The van der Waals surface area contributed by atoms with Crippen LogP contribution < -0.4 is 10.5 Å². The monoisotopic (exact) mass is 421 g/mol. The Morgan fingerprint density at radius 1 is 1.19 bits per heavy atom. The first kappa shape index (κ1) is 22.5. The molecule has 0 aliphatic carbocycles. The molecule has 0 saturated heterocycles. The number of benzene rings is 2. The second-order valence-corrected chi connectivity index (χ2v) is 7.30. The minimum Gasteiger partial charge on any atom is -0.491 e. The Balaban J connectivity index is 1.98. The third kappa shape index (κ3) is 5.13. The molecule has 31 heavy (non-hydrogen) atoms. The lowest BCUT2D eigenvalue weighted by Gasteiger charge is -2.24. The summed E-state index contributed by atoms with van der Waals surface area (Å²) in [5.41, 5.74) is 8.11. The molecule has 0 amide bonds. The molecule has 4 atom stereocenters. The lowest BCUT2D eigenvalue weighted by molar-refractivity contribution is 0.127. The highest BCUT2D eigenvalue weighted by Crippen LogP contribution is 2.36. The fraction of sp³-hybridized carbons (Fsp3) is 0.292. The smallest absolute Gasteiger partial charge is 0.138 e. The van der Waals surface area contributed by atoms with Gasteiger partial charge < -0.3 is 30.4 Å². The van der Waals surface area contributed by atoms with Gasteiger partial charge in [0.2, 0.25) is 0 Å². The molecule has 0 bridgehead atoms. The van der Waals surface area contributed by atoms with E-state index < -0.39 is 24.3 Å². The molecule has 3 unspecified atom stereocenters. The van der Waals surface area contributed by atoms with Crippen LogP contribution in [0.1, 0.15) is 36.6 Å². The molecule has 7 heteroatoms. The summed E-state index contributed by atoms with van der Waals surface area (Å²) in [5.74, 6) is 3.48. The Labute approximate surface area is 181 Å². The van der Waals surface area contributed by atoms with Crippen molar-refractivity contribution in [1.82, 2.24) is 9.55 Å². The third-order valence-electron chi connectivity index (χ3n) is 4.96. The van der Waals surface area contributed by atoms with Gasteiger partial charge in [-0.1, -0.05) is 48.4 Å². The van der Waals surface area contributed by atoms with Gasteiger partial charge in [0.25, 0.3) is 0 Å². The zero-order valence-electron chi connectivity index (χ0n) is 17.3. The Morgan fingerprint density at radius 2 is 1.94 bits per heavy atom. The summed E-state index contributed by atoms with van der Waals surface area (Å²) in [7, 11) is 0. The Kier molecular flexibility index (Phi) is 7.45. The van der Waals surface area contributed by atoms with E-state index in [1.54, 1.807) is 29.8 Å². The summed E-state index contributed by atoms with van der Waals surface area (Å²) in [6.45, 7) is 1.50. The van der Waals surface area contributed by atoms with E-state index in [2.05, 4.69) is 10.9 Å². The van der Waals surface area contributed by atoms with Gasteiger partial charge in [0.1, 0.15) is 36.4 Å². The van der Waals surface area contributed by atoms with Gasteiger partial charge in [-0.15, -0.1) is 6.42 Å². The van der Waals surface area contributed by atoms with Gasteiger partial charge in [-0.2, -0.15) is 0 Å². The molecule has 0 saturated carbocycles. The van der Waals surface area contributed by atoms with Crippen molar-refractivity contribution in [2.75, 3.05) is 13.2 Å². The van der Waals surface area contributed by atoms with E-state index in [0.29, 0.717) is 17.1 Å². The summed E-state index contributed by atoms with van der Waals surface area (Å²) in [4.78, 5) is 4.13. The third-order valence-corrected chi connectivity index (χ3v) is 4.96. The maximum Gasteiger partial charge on any atom is 0.138 e. The molecule has 0 radical (unpaired) electrons. The van der Waals surface area contributed by atoms with Crippen LogP contribution in [0.5, 0.6) is 5.75 Å². The summed E-state index contributed by atoms with van der Waals surface area (Å²) in [6.07, 6.45) is 6.98. The molecular weight excluding hydrogens is 394 g/mol. The lowest BCUT2D eigenvalue weighted by Crippen LogP contribution is -2.31. The Bertz CT molecular complexity index is 1030. The Hall–Kier alpha value is -3.15. The summed E-state index contributed by atoms with van der Waals surface area (Å²) in [5, 5.41) is 30.3. The number of aromatic nitrogens is 2. The number of aliphatic hydroxyl groups excluding tert-OH is 3. The van der Waals surface area contributed by atoms with Crippen LogP contribution in [-0.2, 0) is 0 Å². The predicted molar refractivity (Wildman–Crippen MR) is 118 cm³/mol. The molecule has 0 aliphatic heterocycles. The van der Waals surface area contributed by atoms with Crippen LogP contribution in [0.2, 0.25) is 0 Å². The minimum atomic E-state index is -1.07. The van der Waals surface area contributed by atoms with E-state index in [9.17, 15) is 15.3 Å². The highest BCUT2D eigenvalue weighted by atomic mass is 16.5. The van der Waals surface area contributed by atoms with Crippen LogP contribution in [0.4, 0.5) is 0 Å². The zero-order chi connectivity index (χ0) is 22.4. The summed E-state index contributed by atoms with van der Waals surface area (Å²) in [6, 6.07) is 13.7. The van der Waals surface area contributed by atoms with Gasteiger partial charge in [-0.05, 0) is 24.1 Å². The summed E-state index contributed by atoms with van der Waals surface area (Å²) < 4.78 is 7.48. The Morgan fingerprint density at radius 3 is 2.58 bits per heavy atom. The first-order valence-electron chi connectivity index (χ1n) is 9.99. The van der Waals surface area contributed by atoms with Crippen molar-refractivity contribution >= 4 is 0 Å². The molecule has 0 aliphatic rings. The molecule has 0 spiro atoms. The van der Waals surface area contributed by atoms with Gasteiger partial charge in [0.15, 0.2) is 0 Å². The molecule has 7 nitrogen and oxygen atoms in total. The van der Waals surface area contributed by atoms with E-state index >= 15 is 0 Å². The van der Waals surface area contributed by atoms with E-state index in [1.165, 1.54) is 6.20 Å². The molecule has 162 valence electrons. The SMILES string of the molecule is C#CC(C(O)c1ccc(-c2ccccc2)c(OCC(N)CO)c1)n1ccnc1[C@H](C)O. The minimum absolute atomic E-state index is 0.113. The van der Waals surface area contributed by atoms with Crippen molar-refractivity contribution in [3.05, 3.63) is 72.3 Å². The highest BCUT2D eigenvalue weighted by Gasteiger charge is 2.25. The number of ether oxygens (including phenoxy) is 1. The topological polar surface area (TPSA) is 114 Å². The van der Waals surface area contributed by atoms with Gasteiger partial charge in [0, 0.05) is 18.0 Å². The molecule has 1 aromatic heterocycles. The van der Waals surface area contributed by atoms with Crippen LogP contribution in [0.3, 0.4) is 0 Å². The predicted octanol–water partition coefficient (Wildman–Crippen LogP) is 2.21. The van der Waals surface area contributed by atoms with Crippen molar-refractivity contribution < 1.29 is 20.1 Å². The van der Waals surface area contributed by atoms with E-state index in [0.717, 1.165) is 11.1 Å². The average Bonchev–Trinajstić information content (AvgIpc) is 3.28. The number of terminal acetylenes is 1. The zero-order valence-corrected chi connectivity index (χ0v) is 17.3. The van der Waals surface area contributed by atoms with Gasteiger partial charge in [-0.25, -0.2) is 4.98 Å². The number of hydrogen-bond acceptors (Lipinski definition) is 6. The van der Waals surface area contributed by atoms with Crippen molar-refractivity contribution in [2.45, 2.75) is 31.2 Å². The maximum absolute atomic E-state index is 11.1. The number of rotatable bonds is 9. The van der Waals surface area contributed by atoms with E-state index in [-0.39, 0.29) is 13.2 Å². The first-order valence-corrected chi connectivity index (χ1v) is 9.99. The fourth-order valence-electron chi connectivity index (χ4n) is 3.34. The lowest BCUT2D eigenvalue weighted by atomic mass is 9.97. The number of hydrogen-bond donors (Lipinski definition) is 4. The second-order valence-electron chi connectivity index (χ2n) is 7.30. The van der Waals surface area contributed by atoms with Crippen molar-refractivity contribution in [1.29, 1.82) is 0 Å². The molecular formula is C24H27N3O4. The number of imidazole rings is 1. The van der Waals surface area contributed by atoms with E-state index in [4.69, 9.17) is 16.9 Å². The van der Waals surface area contributed by atoms with E-state index in [1.807, 2.05) is 36.4 Å². The fourth-order valence-corrected chi connectivity index (χ4v) is 3.34. The van der Waals surface area contributed by atoms with Crippen LogP contribution >= 0.6 is 0 Å². The summed E-state index contributed by atoms with van der Waals surface area (Å²) >= 11 is 0. The molecule has 1 heterocycles. The number of nitrogens with two attached hydrogens (primary N) is 1. The van der Waals surface area contributed by atoms with Crippen LogP contribution in [0.15, 0.2) is 60.9 Å². The standard InChI is InChI=1S/C24H27N3O4/c1-3-21(27-12-11-26-24(27)16(2)29)23(30)18-9-10-20(17-7-5-4-6-8-17)22(13-18)31-15-19(25)14-28/h1,4-13,16,19,21,23,28-30H,14-15,25H2,2H3/t16-,19?,21?,23?/m0/s1. The van der Waals surface area contributed by atoms with Gasteiger partial charge in [0.05, 0.1) is 12.6 Å². The molecule has 5 N–H and O–H groups in total. The van der Waals surface area contributed by atoms with Crippen molar-refractivity contribution in [3.63, 3.8) is 0 Å². The second kappa shape index (κ2) is 10.2. The van der Waals surface area contributed by atoms with Crippen LogP contribution in [-0.4, -0.2) is 44.1 Å². The average molecular weight is 421 g/mol. The molecule has 2 aromatic carbocycles. The first-order chi connectivity index (χ1) is 15.0. The molecule has 3 aromatic rings. The normalized spacial score (nSPS) is 15.0. The number of nitrogens with zero attached hydrogens (tertiary/aromatic N) is 2. The van der Waals surface area contributed by atoms with Crippen LogP contribution in [0.25, 0.3) is 11.1 Å². The molecule has 3 rings (SSSR count). The molecule has 0 fully saturated rings. The van der Waals surface area contributed by atoms with Gasteiger partial charge in [-0.3, -0.25) is 0 Å². The largest absolute Gasteiger partial charge is 0.491 e. The maximum atomic E-state index is 11.1. The van der Waals surface area contributed by atoms with Crippen molar-refractivity contribution in [3.8, 4) is 29.2 Å². The van der Waals surface area contributed by atoms with Crippen LogP contribution in [0, 0.1) is 12.3 Å². The van der Waals surface area contributed by atoms with Crippen molar-refractivity contribution in [2.24, 2.45) is 5.73 Å². The van der Waals surface area contributed by atoms with Gasteiger partial charge >= 0.3 is 0 Å². The number of aliphatic hydroxyl groups is 3. The quantitative estimate of drug-likeness (QED) is 0.394.